The summed E-state index contributed by atoms with van der Waals surface area (Å²) in [5.74, 6) is 1.55. The number of carbonyl (C=O) groups is 1. The van der Waals surface area contributed by atoms with Gasteiger partial charge in [0.1, 0.15) is 0 Å². The predicted molar refractivity (Wildman–Crippen MR) is 130 cm³/mol. The Morgan fingerprint density at radius 1 is 1.29 bits per heavy atom. The van der Waals surface area contributed by atoms with Crippen molar-refractivity contribution in [2.24, 2.45) is 13.0 Å². The topological polar surface area (TPSA) is 64.0 Å². The molecule has 1 aromatic heterocycles. The van der Waals surface area contributed by atoms with Crippen LogP contribution < -0.4 is 10.9 Å². The average Bonchev–Trinajstić information content (AvgIpc) is 2.72. The molecule has 0 radical (unpaired) electrons. The normalized spacial score (nSPS) is 11.2. The van der Waals surface area contributed by atoms with Crippen LogP contribution in [0.15, 0.2) is 34.2 Å². The second-order valence-corrected chi connectivity index (χ2v) is 9.68. The van der Waals surface area contributed by atoms with Crippen molar-refractivity contribution >= 4 is 29.3 Å². The number of rotatable bonds is 12. The molecular weight excluding hydrogens is 430 g/mol. The number of unbranched alkanes of at least 4 members (excludes halogenated alkanes) is 1. The van der Waals surface area contributed by atoms with E-state index in [0.29, 0.717) is 30.2 Å². The molecule has 0 aliphatic rings. The van der Waals surface area contributed by atoms with E-state index in [1.165, 1.54) is 0 Å². The van der Waals surface area contributed by atoms with E-state index in [0.717, 1.165) is 53.5 Å². The predicted octanol–water partition coefficient (Wildman–Crippen LogP) is 5.01. The van der Waals surface area contributed by atoms with E-state index < -0.39 is 0 Å². The molecule has 1 aromatic carbocycles. The molecule has 1 N–H and O–H groups in total. The maximum absolute atomic E-state index is 13.0. The number of hydrogen-bond donors (Lipinski definition) is 1. The lowest BCUT2D eigenvalue weighted by molar-refractivity contribution is -0.121. The number of halogens is 1. The maximum Gasteiger partial charge on any atom is 0.257 e. The number of carbonyl (C=O) groups excluding carboxylic acids is 1. The standard InChI is InChI=1S/C24H34ClN3O2S/c1-5-21-20(16-18-9-8-10-19(25)15-18)23(30)28(4)24(27-21)31-14-7-6-11-22(29)26-13-12-17(2)3/h8-10,15,17H,5-7,11-14,16H2,1-4H3,(H,26,29). The van der Waals surface area contributed by atoms with Crippen LogP contribution in [-0.4, -0.2) is 27.8 Å². The Kier molecular flexibility index (Phi) is 10.6. The van der Waals surface area contributed by atoms with Gasteiger partial charge in [-0.2, -0.15) is 0 Å². The zero-order valence-electron chi connectivity index (χ0n) is 19.0. The van der Waals surface area contributed by atoms with Gasteiger partial charge in [-0.15, -0.1) is 0 Å². The van der Waals surface area contributed by atoms with Crippen molar-refractivity contribution < 1.29 is 4.79 Å². The number of hydrogen-bond acceptors (Lipinski definition) is 4. The first-order chi connectivity index (χ1) is 14.8. The summed E-state index contributed by atoms with van der Waals surface area (Å²) in [5.41, 5.74) is 2.58. The van der Waals surface area contributed by atoms with Gasteiger partial charge in [-0.05, 0) is 49.3 Å². The van der Waals surface area contributed by atoms with Gasteiger partial charge in [-0.3, -0.25) is 14.2 Å². The second kappa shape index (κ2) is 12.9. The monoisotopic (exact) mass is 463 g/mol. The van der Waals surface area contributed by atoms with Gasteiger partial charge in [-0.25, -0.2) is 4.98 Å². The molecule has 0 bridgehead atoms. The number of aryl methyl sites for hydroxylation is 1. The number of amides is 1. The van der Waals surface area contributed by atoms with E-state index in [-0.39, 0.29) is 11.5 Å². The fraction of sp³-hybridized carbons (Fsp3) is 0.542. The number of benzene rings is 1. The van der Waals surface area contributed by atoms with Crippen LogP contribution >= 0.6 is 23.4 Å². The highest BCUT2D eigenvalue weighted by Gasteiger charge is 2.15. The Bertz CT molecular complexity index is 928. The molecule has 0 fully saturated rings. The van der Waals surface area contributed by atoms with E-state index in [2.05, 4.69) is 19.2 Å². The molecule has 7 heteroatoms. The summed E-state index contributed by atoms with van der Waals surface area (Å²) in [6.45, 7) is 7.07. The molecule has 0 saturated heterocycles. The first kappa shape index (κ1) is 25.5. The van der Waals surface area contributed by atoms with Gasteiger partial charge in [0.25, 0.3) is 5.56 Å². The molecule has 0 atom stereocenters. The molecule has 0 aliphatic heterocycles. The third kappa shape index (κ3) is 8.34. The first-order valence-electron chi connectivity index (χ1n) is 11.0. The van der Waals surface area contributed by atoms with Crippen molar-refractivity contribution in [2.45, 2.75) is 64.5 Å². The maximum atomic E-state index is 13.0. The van der Waals surface area contributed by atoms with Gasteiger partial charge >= 0.3 is 0 Å². The van der Waals surface area contributed by atoms with E-state index in [1.54, 1.807) is 23.4 Å². The molecule has 1 heterocycles. The lowest BCUT2D eigenvalue weighted by Gasteiger charge is -2.13. The third-order valence-corrected chi connectivity index (χ3v) is 6.46. The van der Waals surface area contributed by atoms with Gasteiger partial charge in [0.05, 0.1) is 5.69 Å². The van der Waals surface area contributed by atoms with Gasteiger partial charge in [0.15, 0.2) is 5.16 Å². The molecule has 170 valence electrons. The van der Waals surface area contributed by atoms with Crippen LogP contribution in [-0.2, 0) is 24.7 Å². The summed E-state index contributed by atoms with van der Waals surface area (Å²) in [5, 5.41) is 4.37. The van der Waals surface area contributed by atoms with Gasteiger partial charge in [-0.1, -0.05) is 56.3 Å². The molecular formula is C24H34ClN3O2S. The summed E-state index contributed by atoms with van der Waals surface area (Å²) in [6.07, 6.45) is 4.53. The molecule has 0 saturated carbocycles. The van der Waals surface area contributed by atoms with E-state index >= 15 is 0 Å². The number of aromatic nitrogens is 2. The van der Waals surface area contributed by atoms with Crippen LogP contribution in [0, 0.1) is 5.92 Å². The Morgan fingerprint density at radius 2 is 2.06 bits per heavy atom. The van der Waals surface area contributed by atoms with Crippen LogP contribution in [0.3, 0.4) is 0 Å². The molecule has 0 unspecified atom stereocenters. The van der Waals surface area contributed by atoms with Crippen LogP contribution in [0.5, 0.6) is 0 Å². The zero-order valence-corrected chi connectivity index (χ0v) is 20.6. The lowest BCUT2D eigenvalue weighted by atomic mass is 10.0. The Morgan fingerprint density at radius 3 is 2.74 bits per heavy atom. The van der Waals surface area contributed by atoms with E-state index in [4.69, 9.17) is 16.6 Å². The van der Waals surface area contributed by atoms with E-state index in [9.17, 15) is 9.59 Å². The lowest BCUT2D eigenvalue weighted by Crippen LogP contribution is -2.26. The minimum Gasteiger partial charge on any atom is -0.356 e. The highest BCUT2D eigenvalue weighted by molar-refractivity contribution is 7.99. The van der Waals surface area contributed by atoms with Crippen molar-refractivity contribution in [3.63, 3.8) is 0 Å². The summed E-state index contributed by atoms with van der Waals surface area (Å²) in [4.78, 5) is 29.6. The number of nitrogens with one attached hydrogen (secondary N) is 1. The average molecular weight is 464 g/mol. The van der Waals surface area contributed by atoms with Crippen molar-refractivity contribution in [1.29, 1.82) is 0 Å². The molecule has 1 amide bonds. The SMILES string of the molecule is CCc1nc(SCCCCC(=O)NCCC(C)C)n(C)c(=O)c1Cc1cccc(Cl)c1. The van der Waals surface area contributed by atoms with Gasteiger partial charge in [0, 0.05) is 42.8 Å². The quantitative estimate of drug-likeness (QED) is 0.273. The summed E-state index contributed by atoms with van der Waals surface area (Å²) in [7, 11) is 1.78. The Balaban J connectivity index is 1.92. The molecule has 2 aromatic rings. The minimum absolute atomic E-state index is 0.00106. The summed E-state index contributed by atoms with van der Waals surface area (Å²) >= 11 is 7.67. The minimum atomic E-state index is -0.00106. The van der Waals surface area contributed by atoms with Gasteiger partial charge < -0.3 is 5.32 Å². The molecule has 0 aliphatic carbocycles. The number of nitrogens with zero attached hydrogens (tertiary/aromatic N) is 2. The molecule has 5 nitrogen and oxygen atoms in total. The first-order valence-corrected chi connectivity index (χ1v) is 12.4. The molecule has 2 rings (SSSR count). The van der Waals surface area contributed by atoms with Gasteiger partial charge in [0.2, 0.25) is 5.91 Å². The summed E-state index contributed by atoms with van der Waals surface area (Å²) in [6, 6.07) is 7.60. The Labute approximate surface area is 195 Å². The van der Waals surface area contributed by atoms with Crippen LogP contribution in [0.4, 0.5) is 0 Å². The van der Waals surface area contributed by atoms with Crippen LogP contribution in [0.1, 0.15) is 63.3 Å². The van der Waals surface area contributed by atoms with Crippen LogP contribution in [0.2, 0.25) is 5.02 Å². The largest absolute Gasteiger partial charge is 0.356 e. The Hall–Kier alpha value is -1.79. The molecule has 0 spiro atoms. The summed E-state index contributed by atoms with van der Waals surface area (Å²) < 4.78 is 1.64. The molecule has 31 heavy (non-hydrogen) atoms. The van der Waals surface area contributed by atoms with Crippen molar-refractivity contribution in [2.75, 3.05) is 12.3 Å². The third-order valence-electron chi connectivity index (χ3n) is 5.11. The highest BCUT2D eigenvalue weighted by atomic mass is 35.5. The number of thioether (sulfide) groups is 1. The highest BCUT2D eigenvalue weighted by Crippen LogP contribution is 2.20. The fourth-order valence-electron chi connectivity index (χ4n) is 3.26. The van der Waals surface area contributed by atoms with E-state index in [1.807, 2.05) is 31.2 Å². The second-order valence-electron chi connectivity index (χ2n) is 8.18. The zero-order chi connectivity index (χ0) is 22.8. The smallest absolute Gasteiger partial charge is 0.257 e. The van der Waals surface area contributed by atoms with Crippen molar-refractivity contribution in [1.82, 2.24) is 14.9 Å². The van der Waals surface area contributed by atoms with Crippen molar-refractivity contribution in [3.05, 3.63) is 56.5 Å². The van der Waals surface area contributed by atoms with Crippen molar-refractivity contribution in [3.8, 4) is 0 Å². The van der Waals surface area contributed by atoms with Crippen LogP contribution in [0.25, 0.3) is 0 Å². The fourth-order valence-corrected chi connectivity index (χ4v) is 4.46.